The molecule has 108 valence electrons. The molecule has 0 aromatic carbocycles. The minimum Gasteiger partial charge on any atom is -0.444 e. The first-order valence-corrected chi connectivity index (χ1v) is 8.10. The Morgan fingerprint density at radius 1 is 1.45 bits per heavy atom. The minimum absolute atomic E-state index is 0.645. The first-order chi connectivity index (χ1) is 9.83. The Labute approximate surface area is 123 Å². The molecule has 2 aromatic rings. The van der Waals surface area contributed by atoms with E-state index >= 15 is 0 Å². The predicted octanol–water partition coefficient (Wildman–Crippen LogP) is 2.98. The van der Waals surface area contributed by atoms with E-state index in [0.717, 1.165) is 36.1 Å². The number of thiophene rings is 1. The van der Waals surface area contributed by atoms with Gasteiger partial charge in [-0.25, -0.2) is 4.98 Å². The van der Waals surface area contributed by atoms with Gasteiger partial charge in [-0.3, -0.25) is 4.90 Å². The molecule has 1 unspecified atom stereocenters. The Morgan fingerprint density at radius 2 is 2.40 bits per heavy atom. The van der Waals surface area contributed by atoms with Gasteiger partial charge in [0.15, 0.2) is 0 Å². The Hall–Kier alpha value is -1.17. The Kier molecular flexibility index (Phi) is 4.50. The molecule has 3 rings (SSSR count). The highest BCUT2D eigenvalue weighted by molar-refractivity contribution is 7.13. The maximum absolute atomic E-state index is 5.58. The number of hydrogen-bond acceptors (Lipinski definition) is 5. The molecule has 1 aliphatic heterocycles. The highest BCUT2D eigenvalue weighted by Crippen LogP contribution is 2.24. The zero-order chi connectivity index (χ0) is 13.8. The summed E-state index contributed by atoms with van der Waals surface area (Å²) in [6, 6.07) is 4.71. The van der Waals surface area contributed by atoms with E-state index in [2.05, 4.69) is 22.2 Å². The molecule has 3 heterocycles. The molecular weight excluding hydrogens is 270 g/mol. The molecule has 1 N–H and O–H groups in total. The quantitative estimate of drug-likeness (QED) is 0.940. The second-order valence-corrected chi connectivity index (χ2v) is 6.32. The summed E-state index contributed by atoms with van der Waals surface area (Å²) in [7, 11) is 2.19. The van der Waals surface area contributed by atoms with E-state index in [0.29, 0.717) is 6.04 Å². The van der Waals surface area contributed by atoms with E-state index in [4.69, 9.17) is 4.42 Å². The van der Waals surface area contributed by atoms with E-state index < -0.39 is 0 Å². The van der Waals surface area contributed by atoms with Gasteiger partial charge in [-0.05, 0) is 50.8 Å². The van der Waals surface area contributed by atoms with Crippen molar-refractivity contribution in [3.8, 4) is 10.8 Å². The predicted molar refractivity (Wildman–Crippen MR) is 81.8 cm³/mol. The normalized spacial score (nSPS) is 20.2. The van der Waals surface area contributed by atoms with Crippen LogP contribution in [0.5, 0.6) is 0 Å². The van der Waals surface area contributed by atoms with Crippen molar-refractivity contribution in [2.45, 2.75) is 31.8 Å². The Morgan fingerprint density at radius 3 is 3.25 bits per heavy atom. The van der Waals surface area contributed by atoms with Crippen molar-refractivity contribution < 1.29 is 4.42 Å². The van der Waals surface area contributed by atoms with Crippen LogP contribution in [-0.4, -0.2) is 36.1 Å². The fourth-order valence-electron chi connectivity index (χ4n) is 2.72. The van der Waals surface area contributed by atoms with Crippen molar-refractivity contribution in [3.05, 3.63) is 29.5 Å². The van der Waals surface area contributed by atoms with Gasteiger partial charge in [0.25, 0.3) is 0 Å². The summed E-state index contributed by atoms with van der Waals surface area (Å²) >= 11 is 1.66. The highest BCUT2D eigenvalue weighted by atomic mass is 32.1. The van der Waals surface area contributed by atoms with Gasteiger partial charge in [0, 0.05) is 12.6 Å². The maximum atomic E-state index is 5.58. The molecule has 4 nitrogen and oxygen atoms in total. The highest BCUT2D eigenvalue weighted by Gasteiger charge is 2.18. The molecule has 1 atom stereocenters. The lowest BCUT2D eigenvalue weighted by molar-refractivity contribution is 0.214. The summed E-state index contributed by atoms with van der Waals surface area (Å²) < 4.78 is 5.58. The molecule has 1 aliphatic rings. The first kappa shape index (κ1) is 13.8. The fraction of sp³-hybridized carbons (Fsp3) is 0.533. The summed E-state index contributed by atoms with van der Waals surface area (Å²) in [4.78, 5) is 8.10. The average molecular weight is 291 g/mol. The lowest BCUT2D eigenvalue weighted by Gasteiger charge is -2.25. The van der Waals surface area contributed by atoms with Crippen LogP contribution in [0.25, 0.3) is 10.8 Å². The number of aromatic nitrogens is 1. The summed E-state index contributed by atoms with van der Waals surface area (Å²) in [5, 5.41) is 5.50. The van der Waals surface area contributed by atoms with Crippen LogP contribution in [0.15, 0.2) is 28.2 Å². The summed E-state index contributed by atoms with van der Waals surface area (Å²) in [5.74, 6) is 0.742. The second-order valence-electron chi connectivity index (χ2n) is 5.37. The van der Waals surface area contributed by atoms with Gasteiger partial charge >= 0.3 is 0 Å². The monoisotopic (exact) mass is 291 g/mol. The van der Waals surface area contributed by atoms with Crippen LogP contribution in [0.4, 0.5) is 0 Å². The van der Waals surface area contributed by atoms with Gasteiger partial charge in [0.1, 0.15) is 6.26 Å². The van der Waals surface area contributed by atoms with Crippen molar-refractivity contribution in [1.82, 2.24) is 15.2 Å². The first-order valence-electron chi connectivity index (χ1n) is 7.22. The van der Waals surface area contributed by atoms with Gasteiger partial charge < -0.3 is 9.73 Å². The van der Waals surface area contributed by atoms with Crippen LogP contribution >= 0.6 is 11.3 Å². The van der Waals surface area contributed by atoms with Crippen LogP contribution in [0.2, 0.25) is 0 Å². The van der Waals surface area contributed by atoms with Gasteiger partial charge in [-0.15, -0.1) is 11.3 Å². The number of nitrogens with zero attached hydrogens (tertiary/aromatic N) is 2. The largest absolute Gasteiger partial charge is 0.444 e. The van der Waals surface area contributed by atoms with Gasteiger partial charge in [0.2, 0.25) is 5.89 Å². The lowest BCUT2D eigenvalue weighted by Crippen LogP contribution is -2.32. The van der Waals surface area contributed by atoms with Crippen molar-refractivity contribution in [1.29, 1.82) is 0 Å². The standard InChI is InChI=1S/C15H21N3OS/c1-18(13-4-2-7-16-8-6-13)10-12-11-19-15(17-12)14-5-3-9-20-14/h3,5,9,11,13,16H,2,4,6-8,10H2,1H3. The molecule has 5 heteroatoms. The van der Waals surface area contributed by atoms with Crippen LogP contribution in [0, 0.1) is 0 Å². The molecule has 2 aromatic heterocycles. The molecule has 20 heavy (non-hydrogen) atoms. The van der Waals surface area contributed by atoms with E-state index in [1.165, 1.54) is 19.3 Å². The van der Waals surface area contributed by atoms with E-state index in [9.17, 15) is 0 Å². The molecule has 1 saturated heterocycles. The number of hydrogen-bond donors (Lipinski definition) is 1. The molecule has 0 bridgehead atoms. The van der Waals surface area contributed by atoms with Gasteiger partial charge in [0.05, 0.1) is 10.6 Å². The smallest absolute Gasteiger partial charge is 0.236 e. The molecule has 0 spiro atoms. The Bertz CT molecular complexity index is 515. The molecule has 0 saturated carbocycles. The molecule has 0 amide bonds. The molecule has 1 fully saturated rings. The third-order valence-electron chi connectivity index (χ3n) is 3.86. The number of nitrogens with one attached hydrogen (secondary N) is 1. The number of rotatable bonds is 4. The van der Waals surface area contributed by atoms with Crippen molar-refractivity contribution in [2.24, 2.45) is 0 Å². The van der Waals surface area contributed by atoms with Crippen LogP contribution in [0.3, 0.4) is 0 Å². The van der Waals surface area contributed by atoms with Crippen LogP contribution in [-0.2, 0) is 6.54 Å². The minimum atomic E-state index is 0.645. The summed E-state index contributed by atoms with van der Waals surface area (Å²) in [6.07, 6.45) is 5.53. The van der Waals surface area contributed by atoms with Gasteiger partial charge in [-0.1, -0.05) is 6.07 Å². The van der Waals surface area contributed by atoms with Gasteiger partial charge in [-0.2, -0.15) is 0 Å². The molecule has 0 radical (unpaired) electrons. The number of oxazole rings is 1. The summed E-state index contributed by atoms with van der Waals surface area (Å²) in [5.41, 5.74) is 1.02. The zero-order valence-corrected chi connectivity index (χ0v) is 12.7. The third kappa shape index (κ3) is 3.29. The SMILES string of the molecule is CN(Cc1coc(-c2cccs2)n1)C1CCCNCC1. The average Bonchev–Trinajstić information content (AvgIpc) is 3.05. The second kappa shape index (κ2) is 6.52. The summed E-state index contributed by atoms with van der Waals surface area (Å²) in [6.45, 7) is 3.13. The van der Waals surface area contributed by atoms with Crippen molar-refractivity contribution >= 4 is 11.3 Å². The topological polar surface area (TPSA) is 41.3 Å². The van der Waals surface area contributed by atoms with E-state index in [1.54, 1.807) is 17.6 Å². The zero-order valence-electron chi connectivity index (χ0n) is 11.8. The van der Waals surface area contributed by atoms with E-state index in [-0.39, 0.29) is 0 Å². The molecular formula is C15H21N3OS. The van der Waals surface area contributed by atoms with Crippen LogP contribution < -0.4 is 5.32 Å². The third-order valence-corrected chi connectivity index (χ3v) is 4.72. The maximum Gasteiger partial charge on any atom is 0.236 e. The Balaban J connectivity index is 1.62. The van der Waals surface area contributed by atoms with Crippen molar-refractivity contribution in [3.63, 3.8) is 0 Å². The van der Waals surface area contributed by atoms with E-state index in [1.807, 2.05) is 17.5 Å². The molecule has 0 aliphatic carbocycles. The van der Waals surface area contributed by atoms with Crippen molar-refractivity contribution in [2.75, 3.05) is 20.1 Å². The van der Waals surface area contributed by atoms with Crippen LogP contribution in [0.1, 0.15) is 25.0 Å². The lowest BCUT2D eigenvalue weighted by atomic mass is 10.1. The fourth-order valence-corrected chi connectivity index (χ4v) is 3.37.